The summed E-state index contributed by atoms with van der Waals surface area (Å²) in [6.07, 6.45) is 0.367. The maximum atomic E-state index is 11.9. The van der Waals surface area contributed by atoms with Crippen molar-refractivity contribution in [1.29, 1.82) is 0 Å². The van der Waals surface area contributed by atoms with Gasteiger partial charge in [-0.3, -0.25) is 0 Å². The van der Waals surface area contributed by atoms with Crippen LogP contribution in [-0.2, 0) is 11.2 Å². The van der Waals surface area contributed by atoms with Crippen molar-refractivity contribution >= 4 is 5.97 Å². The number of methoxy groups -OCH3 is 2. The van der Waals surface area contributed by atoms with Gasteiger partial charge in [-0.25, -0.2) is 4.79 Å². The highest BCUT2D eigenvalue weighted by atomic mass is 16.5. The van der Waals surface area contributed by atoms with Crippen LogP contribution in [0.4, 0.5) is 0 Å². The maximum absolute atomic E-state index is 11.9. The van der Waals surface area contributed by atoms with Crippen molar-refractivity contribution in [3.8, 4) is 11.5 Å². The van der Waals surface area contributed by atoms with Crippen LogP contribution in [0, 0.1) is 0 Å². The number of hydrogen-bond donors (Lipinski definition) is 0. The van der Waals surface area contributed by atoms with E-state index in [2.05, 4.69) is 0 Å². The molecule has 3 rings (SSSR count). The SMILES string of the molecule is COc1ccc(CC2OC(=O)c3ccc(OC)cc32)cc1. The topological polar surface area (TPSA) is 44.8 Å². The Balaban J connectivity index is 1.86. The van der Waals surface area contributed by atoms with Gasteiger partial charge >= 0.3 is 5.97 Å². The molecular weight excluding hydrogens is 268 g/mol. The highest BCUT2D eigenvalue weighted by molar-refractivity contribution is 5.94. The lowest BCUT2D eigenvalue weighted by Crippen LogP contribution is -2.02. The van der Waals surface area contributed by atoms with Crippen LogP contribution in [0.25, 0.3) is 0 Å². The normalized spacial score (nSPS) is 16.3. The Morgan fingerprint density at radius 2 is 1.67 bits per heavy atom. The molecule has 1 unspecified atom stereocenters. The van der Waals surface area contributed by atoms with Crippen molar-refractivity contribution in [2.45, 2.75) is 12.5 Å². The van der Waals surface area contributed by atoms with Crippen LogP contribution >= 0.6 is 0 Å². The van der Waals surface area contributed by atoms with E-state index in [9.17, 15) is 4.79 Å². The molecule has 1 heterocycles. The molecule has 108 valence electrons. The van der Waals surface area contributed by atoms with Gasteiger partial charge in [-0.05, 0) is 35.9 Å². The predicted molar refractivity (Wildman–Crippen MR) is 77.8 cm³/mol. The lowest BCUT2D eigenvalue weighted by Gasteiger charge is -2.12. The van der Waals surface area contributed by atoms with Crippen LogP contribution in [-0.4, -0.2) is 20.2 Å². The van der Waals surface area contributed by atoms with E-state index in [0.29, 0.717) is 12.0 Å². The molecule has 0 fully saturated rings. The summed E-state index contributed by atoms with van der Waals surface area (Å²) in [6.45, 7) is 0. The summed E-state index contributed by atoms with van der Waals surface area (Å²) in [5.74, 6) is 1.27. The van der Waals surface area contributed by atoms with Crippen molar-refractivity contribution in [3.63, 3.8) is 0 Å². The van der Waals surface area contributed by atoms with E-state index in [1.54, 1.807) is 26.4 Å². The summed E-state index contributed by atoms with van der Waals surface area (Å²) in [7, 11) is 3.24. The Hall–Kier alpha value is -2.49. The van der Waals surface area contributed by atoms with Gasteiger partial charge in [0.1, 0.15) is 17.6 Å². The molecule has 21 heavy (non-hydrogen) atoms. The molecular formula is C17H16O4. The molecule has 4 nitrogen and oxygen atoms in total. The molecule has 0 aromatic heterocycles. The molecule has 0 bridgehead atoms. The Labute approximate surface area is 123 Å². The second kappa shape index (κ2) is 5.48. The minimum absolute atomic E-state index is 0.268. The molecule has 0 saturated carbocycles. The summed E-state index contributed by atoms with van der Waals surface area (Å²) >= 11 is 0. The zero-order chi connectivity index (χ0) is 14.8. The largest absolute Gasteiger partial charge is 0.497 e. The minimum atomic E-state index is -0.272. The highest BCUT2D eigenvalue weighted by Gasteiger charge is 2.31. The Morgan fingerprint density at radius 1 is 1.00 bits per heavy atom. The van der Waals surface area contributed by atoms with E-state index in [-0.39, 0.29) is 12.1 Å². The summed E-state index contributed by atoms with van der Waals surface area (Å²) < 4.78 is 15.8. The molecule has 1 aliphatic rings. The predicted octanol–water partition coefficient (Wildman–Crippen LogP) is 3.16. The molecule has 2 aromatic carbocycles. The first-order valence-electron chi connectivity index (χ1n) is 6.73. The van der Waals surface area contributed by atoms with Crippen LogP contribution in [0.3, 0.4) is 0 Å². The van der Waals surface area contributed by atoms with Gasteiger partial charge in [0.15, 0.2) is 0 Å². The second-order valence-electron chi connectivity index (χ2n) is 4.90. The van der Waals surface area contributed by atoms with Gasteiger partial charge in [0, 0.05) is 12.0 Å². The first kappa shape index (κ1) is 13.5. The molecule has 0 saturated heterocycles. The van der Waals surface area contributed by atoms with Crippen LogP contribution in [0.2, 0.25) is 0 Å². The van der Waals surface area contributed by atoms with Crippen molar-refractivity contribution in [3.05, 3.63) is 59.2 Å². The van der Waals surface area contributed by atoms with E-state index in [0.717, 1.165) is 22.6 Å². The van der Waals surface area contributed by atoms with Crippen LogP contribution in [0.5, 0.6) is 11.5 Å². The smallest absolute Gasteiger partial charge is 0.339 e. The van der Waals surface area contributed by atoms with Crippen LogP contribution < -0.4 is 9.47 Å². The van der Waals surface area contributed by atoms with Gasteiger partial charge in [-0.2, -0.15) is 0 Å². The number of carbonyl (C=O) groups is 1. The average Bonchev–Trinajstić information content (AvgIpc) is 2.83. The molecule has 0 amide bonds. The van der Waals surface area contributed by atoms with Crippen LogP contribution in [0.15, 0.2) is 42.5 Å². The van der Waals surface area contributed by atoms with Gasteiger partial charge in [-0.1, -0.05) is 12.1 Å². The molecule has 0 aliphatic carbocycles. The van der Waals surface area contributed by atoms with Gasteiger partial charge in [0.25, 0.3) is 0 Å². The summed E-state index contributed by atoms with van der Waals surface area (Å²) in [6, 6.07) is 13.2. The fraction of sp³-hybridized carbons (Fsp3) is 0.235. The number of fused-ring (bicyclic) bond motifs is 1. The number of carbonyl (C=O) groups excluding carboxylic acids is 1. The number of ether oxygens (including phenoxy) is 3. The zero-order valence-electron chi connectivity index (χ0n) is 12.0. The average molecular weight is 284 g/mol. The lowest BCUT2D eigenvalue weighted by molar-refractivity contribution is 0.0387. The molecule has 4 heteroatoms. The van der Waals surface area contributed by atoms with E-state index in [4.69, 9.17) is 14.2 Å². The molecule has 2 aromatic rings. The first-order chi connectivity index (χ1) is 10.2. The lowest BCUT2D eigenvalue weighted by atomic mass is 9.99. The number of cyclic esters (lactones) is 1. The molecule has 1 aliphatic heterocycles. The summed E-state index contributed by atoms with van der Waals surface area (Å²) in [5, 5.41) is 0. The van der Waals surface area contributed by atoms with E-state index in [1.165, 1.54) is 0 Å². The maximum Gasteiger partial charge on any atom is 0.339 e. The number of esters is 1. The van der Waals surface area contributed by atoms with Gasteiger partial charge in [0.05, 0.1) is 19.8 Å². The van der Waals surface area contributed by atoms with Crippen molar-refractivity contribution in [1.82, 2.24) is 0 Å². The summed E-state index contributed by atoms with van der Waals surface area (Å²) in [4.78, 5) is 11.9. The van der Waals surface area contributed by atoms with Gasteiger partial charge in [0.2, 0.25) is 0 Å². The van der Waals surface area contributed by atoms with Crippen molar-refractivity contribution < 1.29 is 19.0 Å². The van der Waals surface area contributed by atoms with Gasteiger partial charge < -0.3 is 14.2 Å². The van der Waals surface area contributed by atoms with Crippen molar-refractivity contribution in [2.24, 2.45) is 0 Å². The number of benzene rings is 2. The number of rotatable bonds is 4. The van der Waals surface area contributed by atoms with Crippen molar-refractivity contribution in [2.75, 3.05) is 14.2 Å². The summed E-state index contributed by atoms with van der Waals surface area (Å²) in [5.41, 5.74) is 2.59. The molecule has 0 N–H and O–H groups in total. The molecule has 0 spiro atoms. The highest BCUT2D eigenvalue weighted by Crippen LogP contribution is 2.35. The second-order valence-corrected chi connectivity index (χ2v) is 4.90. The third-order valence-electron chi connectivity index (χ3n) is 3.65. The Kier molecular flexibility index (Phi) is 3.52. The van der Waals surface area contributed by atoms with E-state index < -0.39 is 0 Å². The fourth-order valence-corrected chi connectivity index (χ4v) is 2.50. The number of hydrogen-bond acceptors (Lipinski definition) is 4. The van der Waals surface area contributed by atoms with Gasteiger partial charge in [-0.15, -0.1) is 0 Å². The zero-order valence-corrected chi connectivity index (χ0v) is 12.0. The Bertz CT molecular complexity index is 661. The van der Waals surface area contributed by atoms with E-state index in [1.807, 2.05) is 30.3 Å². The monoisotopic (exact) mass is 284 g/mol. The molecule has 0 radical (unpaired) electrons. The third kappa shape index (κ3) is 2.57. The standard InChI is InChI=1S/C17H16O4/c1-19-12-5-3-11(4-6-12)9-16-15-10-13(20-2)7-8-14(15)17(18)21-16/h3-8,10,16H,9H2,1-2H3. The van der Waals surface area contributed by atoms with E-state index >= 15 is 0 Å². The molecule has 1 atom stereocenters. The minimum Gasteiger partial charge on any atom is -0.497 e. The van der Waals surface area contributed by atoms with Crippen LogP contribution in [0.1, 0.15) is 27.6 Å². The quantitative estimate of drug-likeness (QED) is 0.809. The third-order valence-corrected chi connectivity index (χ3v) is 3.65. The fourth-order valence-electron chi connectivity index (χ4n) is 2.50. The Morgan fingerprint density at radius 3 is 2.33 bits per heavy atom. The first-order valence-corrected chi connectivity index (χ1v) is 6.73.